The summed E-state index contributed by atoms with van der Waals surface area (Å²) in [6.07, 6.45) is 3.20. The van der Waals surface area contributed by atoms with E-state index in [1.165, 1.54) is 28.0 Å². The predicted molar refractivity (Wildman–Crippen MR) is 121 cm³/mol. The molecular weight excluding hydrogens is 445 g/mol. The zero-order valence-electron chi connectivity index (χ0n) is 17.5. The molecule has 1 aliphatic rings. The van der Waals surface area contributed by atoms with Crippen LogP contribution >= 0.6 is 11.3 Å². The van der Waals surface area contributed by atoms with E-state index in [1.54, 1.807) is 36.8 Å². The highest BCUT2D eigenvalue weighted by atomic mass is 32.1. The van der Waals surface area contributed by atoms with Crippen LogP contribution in [0.3, 0.4) is 0 Å². The van der Waals surface area contributed by atoms with Crippen molar-refractivity contribution >= 4 is 22.0 Å². The highest BCUT2D eigenvalue weighted by Crippen LogP contribution is 2.41. The van der Waals surface area contributed by atoms with Crippen molar-refractivity contribution in [1.82, 2.24) is 19.5 Å². The van der Waals surface area contributed by atoms with Gasteiger partial charge in [-0.2, -0.15) is 9.50 Å². The smallest absolute Gasteiger partial charge is 0.230 e. The molecular formula is C23H20FN5O3S. The van der Waals surface area contributed by atoms with Crippen LogP contribution in [0.15, 0.2) is 69.9 Å². The number of furan rings is 2. The molecule has 0 aliphatic carbocycles. The fourth-order valence-corrected chi connectivity index (χ4v) is 5.35. The third-order valence-corrected chi connectivity index (χ3v) is 6.95. The van der Waals surface area contributed by atoms with E-state index in [9.17, 15) is 9.50 Å². The fraction of sp³-hybridized carbons (Fsp3) is 0.217. The third kappa shape index (κ3) is 3.57. The number of halogens is 1. The summed E-state index contributed by atoms with van der Waals surface area (Å²) in [4.78, 5) is 10.3. The molecule has 1 atom stereocenters. The zero-order valence-corrected chi connectivity index (χ0v) is 18.3. The van der Waals surface area contributed by atoms with E-state index in [1.807, 2.05) is 12.1 Å². The van der Waals surface area contributed by atoms with Crippen molar-refractivity contribution in [3.8, 4) is 17.5 Å². The molecule has 6 rings (SSSR count). The van der Waals surface area contributed by atoms with Gasteiger partial charge in [-0.05, 0) is 48.5 Å². The van der Waals surface area contributed by atoms with Crippen LogP contribution < -0.4 is 4.90 Å². The topological polar surface area (TPSA) is 83.2 Å². The molecule has 8 nitrogen and oxygen atoms in total. The number of hydrogen-bond donors (Lipinski definition) is 1. The Balaban J connectivity index is 1.30. The lowest BCUT2D eigenvalue weighted by Crippen LogP contribution is -2.47. The molecule has 10 heteroatoms. The Kier molecular flexibility index (Phi) is 4.88. The number of nitrogens with zero attached hydrogens (tertiary/aromatic N) is 5. The second kappa shape index (κ2) is 8.05. The van der Waals surface area contributed by atoms with Crippen LogP contribution in [0.25, 0.3) is 16.5 Å². The van der Waals surface area contributed by atoms with E-state index in [4.69, 9.17) is 8.83 Å². The normalized spacial score (nSPS) is 16.0. The summed E-state index contributed by atoms with van der Waals surface area (Å²) in [7, 11) is 0. The Labute approximate surface area is 192 Å². The fourth-order valence-electron chi connectivity index (χ4n) is 4.25. The summed E-state index contributed by atoms with van der Waals surface area (Å²) in [5.74, 6) is 1.53. The molecule has 1 saturated heterocycles. The maximum Gasteiger partial charge on any atom is 0.230 e. The van der Waals surface area contributed by atoms with Gasteiger partial charge in [0.05, 0.1) is 17.4 Å². The quantitative estimate of drug-likeness (QED) is 0.412. The molecule has 0 spiro atoms. The van der Waals surface area contributed by atoms with Crippen molar-refractivity contribution in [3.05, 3.63) is 77.5 Å². The lowest BCUT2D eigenvalue weighted by Gasteiger charge is -2.39. The molecule has 1 aliphatic heterocycles. The van der Waals surface area contributed by atoms with Crippen LogP contribution in [0.5, 0.6) is 5.88 Å². The number of rotatable bonds is 5. The van der Waals surface area contributed by atoms with Crippen molar-refractivity contribution < 1.29 is 18.3 Å². The van der Waals surface area contributed by atoms with E-state index < -0.39 is 0 Å². The number of aromatic nitrogens is 3. The van der Waals surface area contributed by atoms with Crippen molar-refractivity contribution in [2.45, 2.75) is 6.04 Å². The SMILES string of the molecule is Oc1c([C@H](c2ccco2)N2CCN(c3ccc(F)cc3)CC2)sc2nc(-c3ccco3)nn12. The molecule has 0 bridgehead atoms. The number of benzene rings is 1. The number of fused-ring (bicyclic) bond motifs is 1. The maximum atomic E-state index is 13.3. The number of anilines is 1. The summed E-state index contributed by atoms with van der Waals surface area (Å²) in [5.41, 5.74) is 0.998. The summed E-state index contributed by atoms with van der Waals surface area (Å²) in [6.45, 7) is 3.03. The number of aromatic hydroxyl groups is 1. The molecule has 0 saturated carbocycles. The number of piperazine rings is 1. The third-order valence-electron chi connectivity index (χ3n) is 5.87. The van der Waals surface area contributed by atoms with Crippen molar-refractivity contribution in [2.75, 3.05) is 31.1 Å². The standard InChI is InChI=1S/C23H20FN5O3S/c24-15-5-7-16(8-6-15)27-9-11-28(12-10-27)19(17-3-1-13-31-17)20-22(30)29-23(33-20)25-21(26-29)18-4-2-14-32-18/h1-8,13-14,19,30H,9-12H2/t19-/m0/s1. The van der Waals surface area contributed by atoms with Gasteiger partial charge >= 0.3 is 0 Å². The number of thiazole rings is 1. The minimum atomic E-state index is -0.268. The molecule has 1 fully saturated rings. The summed E-state index contributed by atoms with van der Waals surface area (Å²) >= 11 is 1.38. The van der Waals surface area contributed by atoms with Gasteiger partial charge in [0.1, 0.15) is 17.6 Å². The largest absolute Gasteiger partial charge is 0.492 e. The molecule has 0 radical (unpaired) electrons. The molecule has 0 unspecified atom stereocenters. The van der Waals surface area contributed by atoms with Gasteiger partial charge < -0.3 is 18.8 Å². The minimum Gasteiger partial charge on any atom is -0.492 e. The van der Waals surface area contributed by atoms with E-state index in [-0.39, 0.29) is 17.7 Å². The summed E-state index contributed by atoms with van der Waals surface area (Å²) in [5, 5.41) is 15.5. The van der Waals surface area contributed by atoms with Gasteiger partial charge in [0.2, 0.25) is 16.7 Å². The average molecular weight is 466 g/mol. The van der Waals surface area contributed by atoms with Crippen LogP contribution in [0, 0.1) is 5.82 Å². The van der Waals surface area contributed by atoms with Gasteiger partial charge in [-0.15, -0.1) is 5.10 Å². The molecule has 1 aromatic carbocycles. The van der Waals surface area contributed by atoms with Gasteiger partial charge in [0.15, 0.2) is 5.76 Å². The van der Waals surface area contributed by atoms with Crippen LogP contribution in [-0.4, -0.2) is 50.8 Å². The van der Waals surface area contributed by atoms with Crippen LogP contribution in [-0.2, 0) is 0 Å². The Morgan fingerprint density at radius 2 is 1.73 bits per heavy atom. The Morgan fingerprint density at radius 1 is 0.970 bits per heavy atom. The van der Waals surface area contributed by atoms with E-state index >= 15 is 0 Å². The molecule has 4 aromatic heterocycles. The molecule has 168 valence electrons. The summed E-state index contributed by atoms with van der Waals surface area (Å²) in [6, 6.07) is 13.6. The number of hydrogen-bond acceptors (Lipinski definition) is 8. The second-order valence-electron chi connectivity index (χ2n) is 7.81. The highest BCUT2D eigenvalue weighted by molar-refractivity contribution is 7.17. The monoisotopic (exact) mass is 465 g/mol. The van der Waals surface area contributed by atoms with Crippen LogP contribution in [0.1, 0.15) is 16.7 Å². The van der Waals surface area contributed by atoms with Gasteiger partial charge in [0, 0.05) is 31.9 Å². The molecule has 1 N–H and O–H groups in total. The maximum absolute atomic E-state index is 13.3. The first-order chi connectivity index (χ1) is 16.2. The Morgan fingerprint density at radius 3 is 2.39 bits per heavy atom. The van der Waals surface area contributed by atoms with Crippen molar-refractivity contribution in [2.24, 2.45) is 0 Å². The highest BCUT2D eigenvalue weighted by Gasteiger charge is 2.33. The minimum absolute atomic E-state index is 0.0441. The lowest BCUT2D eigenvalue weighted by atomic mass is 10.1. The van der Waals surface area contributed by atoms with Crippen LogP contribution in [0.2, 0.25) is 0 Å². The van der Waals surface area contributed by atoms with Gasteiger partial charge in [-0.3, -0.25) is 4.90 Å². The molecule has 33 heavy (non-hydrogen) atoms. The summed E-state index contributed by atoms with van der Waals surface area (Å²) < 4.78 is 25.9. The molecule has 0 amide bonds. The Hall–Kier alpha value is -3.63. The molecule has 5 heterocycles. The first kappa shape index (κ1) is 20.0. The van der Waals surface area contributed by atoms with Gasteiger partial charge in [-0.25, -0.2) is 4.39 Å². The zero-order chi connectivity index (χ0) is 22.4. The predicted octanol–water partition coefficient (Wildman–Crippen LogP) is 4.40. The van der Waals surface area contributed by atoms with E-state index in [0.29, 0.717) is 16.5 Å². The first-order valence-electron chi connectivity index (χ1n) is 10.6. The van der Waals surface area contributed by atoms with E-state index in [2.05, 4.69) is 19.9 Å². The first-order valence-corrected chi connectivity index (χ1v) is 11.4. The van der Waals surface area contributed by atoms with Gasteiger partial charge in [0.25, 0.3) is 0 Å². The van der Waals surface area contributed by atoms with Gasteiger partial charge in [-0.1, -0.05) is 11.3 Å². The van der Waals surface area contributed by atoms with Crippen molar-refractivity contribution in [1.29, 1.82) is 0 Å². The second-order valence-corrected chi connectivity index (χ2v) is 8.82. The van der Waals surface area contributed by atoms with E-state index in [0.717, 1.165) is 42.5 Å². The Bertz CT molecular complexity index is 1350. The average Bonchev–Trinajstić information content (AvgIpc) is 3.63. The van der Waals surface area contributed by atoms with Crippen LogP contribution in [0.4, 0.5) is 10.1 Å². The van der Waals surface area contributed by atoms with Crippen molar-refractivity contribution in [3.63, 3.8) is 0 Å². The molecule has 5 aromatic rings. The lowest BCUT2D eigenvalue weighted by molar-refractivity contribution is 0.191.